The summed E-state index contributed by atoms with van der Waals surface area (Å²) in [6, 6.07) is 0.549. The maximum absolute atomic E-state index is 12.8. The van der Waals surface area contributed by atoms with E-state index < -0.39 is 0 Å². The monoisotopic (exact) mass is 254 g/mol. The molecule has 18 heavy (non-hydrogen) atoms. The summed E-state index contributed by atoms with van der Waals surface area (Å²) in [5.41, 5.74) is 0. The lowest BCUT2D eigenvalue weighted by Crippen LogP contribution is -2.59. The molecule has 0 aromatic carbocycles. The predicted octanol–water partition coefficient (Wildman–Crippen LogP) is 1.25. The molecular weight excluding hydrogens is 228 g/mol. The van der Waals surface area contributed by atoms with Crippen molar-refractivity contribution < 1.29 is 9.53 Å². The zero-order chi connectivity index (χ0) is 13.4. The quantitative estimate of drug-likeness (QED) is 0.766. The van der Waals surface area contributed by atoms with E-state index >= 15 is 0 Å². The molecule has 104 valence electrons. The maximum Gasteiger partial charge on any atom is 0.229 e. The molecule has 0 radical (unpaired) electrons. The van der Waals surface area contributed by atoms with Crippen LogP contribution in [0.3, 0.4) is 0 Å². The minimum Gasteiger partial charge on any atom is -0.374 e. The van der Waals surface area contributed by atoms with E-state index in [4.69, 9.17) is 4.74 Å². The summed E-state index contributed by atoms with van der Waals surface area (Å²) < 4.78 is 5.81. The van der Waals surface area contributed by atoms with Crippen molar-refractivity contribution in [1.82, 2.24) is 10.2 Å². The van der Waals surface area contributed by atoms with Gasteiger partial charge in [-0.3, -0.25) is 4.79 Å². The largest absolute Gasteiger partial charge is 0.374 e. The molecule has 0 aromatic rings. The van der Waals surface area contributed by atoms with Crippen LogP contribution in [0.2, 0.25) is 0 Å². The Labute approximate surface area is 110 Å². The van der Waals surface area contributed by atoms with Gasteiger partial charge in [0.15, 0.2) is 0 Å². The molecule has 2 aliphatic heterocycles. The zero-order valence-corrected chi connectivity index (χ0v) is 12.1. The minimum absolute atomic E-state index is 0.0167. The molecule has 2 heterocycles. The molecule has 0 spiro atoms. The first kappa shape index (κ1) is 13.8. The van der Waals surface area contributed by atoms with E-state index in [1.54, 1.807) is 0 Å². The van der Waals surface area contributed by atoms with Gasteiger partial charge in [0.05, 0.1) is 18.1 Å². The van der Waals surface area contributed by atoms with Crippen LogP contribution in [0.1, 0.15) is 34.6 Å². The van der Waals surface area contributed by atoms with E-state index in [9.17, 15) is 4.79 Å². The van der Waals surface area contributed by atoms with Crippen LogP contribution in [0.5, 0.6) is 0 Å². The van der Waals surface area contributed by atoms with Crippen molar-refractivity contribution >= 4 is 5.91 Å². The molecule has 2 rings (SSSR count). The number of carbonyl (C=O) groups is 1. The van der Waals surface area contributed by atoms with Crippen molar-refractivity contribution in [3.8, 4) is 0 Å². The third-order valence-corrected chi connectivity index (χ3v) is 4.61. The summed E-state index contributed by atoms with van der Waals surface area (Å²) in [5.74, 6) is 0.602. The Morgan fingerprint density at radius 1 is 1.06 bits per heavy atom. The molecule has 2 fully saturated rings. The average molecular weight is 254 g/mol. The Hall–Kier alpha value is -0.610. The molecule has 6 atom stereocenters. The lowest BCUT2D eigenvalue weighted by atomic mass is 9.87. The second-order valence-electron chi connectivity index (χ2n) is 6.03. The lowest BCUT2D eigenvalue weighted by molar-refractivity contribution is -0.143. The van der Waals surface area contributed by atoms with Gasteiger partial charge in [-0.05, 0) is 33.6 Å². The molecular formula is C14H26N2O2. The summed E-state index contributed by atoms with van der Waals surface area (Å²) in [7, 11) is 0. The maximum atomic E-state index is 12.8. The number of amides is 1. The van der Waals surface area contributed by atoms with Gasteiger partial charge in [0.25, 0.3) is 0 Å². The number of ether oxygens (including phenoxy) is 1. The highest BCUT2D eigenvalue weighted by molar-refractivity contribution is 5.81. The molecule has 1 N–H and O–H groups in total. The SMILES string of the molecule is CC1OC(C)C(C(=O)N2C(C)CNCC2C)C1C. The number of carbonyl (C=O) groups excluding carboxylic acids is 1. The van der Waals surface area contributed by atoms with Crippen LogP contribution >= 0.6 is 0 Å². The molecule has 4 nitrogen and oxygen atoms in total. The molecule has 2 aliphatic rings. The van der Waals surface area contributed by atoms with Crippen molar-refractivity contribution in [2.24, 2.45) is 11.8 Å². The molecule has 0 aromatic heterocycles. The molecule has 6 unspecified atom stereocenters. The molecule has 0 bridgehead atoms. The van der Waals surface area contributed by atoms with Gasteiger partial charge in [0.2, 0.25) is 5.91 Å². The third-order valence-electron chi connectivity index (χ3n) is 4.61. The van der Waals surface area contributed by atoms with Gasteiger partial charge in [-0.2, -0.15) is 0 Å². The molecule has 2 saturated heterocycles. The molecule has 0 aliphatic carbocycles. The molecule has 1 amide bonds. The summed E-state index contributed by atoms with van der Waals surface area (Å²) in [6.45, 7) is 12.3. The fourth-order valence-corrected chi connectivity index (χ4v) is 3.43. The Morgan fingerprint density at radius 2 is 1.61 bits per heavy atom. The number of hydrogen-bond acceptors (Lipinski definition) is 3. The first-order valence-corrected chi connectivity index (χ1v) is 7.11. The highest BCUT2D eigenvalue weighted by atomic mass is 16.5. The van der Waals surface area contributed by atoms with Crippen molar-refractivity contribution in [3.63, 3.8) is 0 Å². The third kappa shape index (κ3) is 2.28. The van der Waals surface area contributed by atoms with E-state index in [2.05, 4.69) is 37.9 Å². The highest BCUT2D eigenvalue weighted by Crippen LogP contribution is 2.34. The fourth-order valence-electron chi connectivity index (χ4n) is 3.43. The smallest absolute Gasteiger partial charge is 0.229 e. The van der Waals surface area contributed by atoms with Gasteiger partial charge in [-0.25, -0.2) is 0 Å². The Bertz CT molecular complexity index is 301. The highest BCUT2D eigenvalue weighted by Gasteiger charge is 2.45. The van der Waals surface area contributed by atoms with Gasteiger partial charge >= 0.3 is 0 Å². The van der Waals surface area contributed by atoms with Crippen molar-refractivity contribution in [3.05, 3.63) is 0 Å². The first-order chi connectivity index (χ1) is 8.43. The van der Waals surface area contributed by atoms with Crippen molar-refractivity contribution in [2.45, 2.75) is 58.9 Å². The van der Waals surface area contributed by atoms with Gasteiger partial charge in [-0.1, -0.05) is 6.92 Å². The minimum atomic E-state index is 0.0167. The lowest BCUT2D eigenvalue weighted by Gasteiger charge is -2.41. The average Bonchev–Trinajstić information content (AvgIpc) is 2.52. The number of nitrogens with zero attached hydrogens (tertiary/aromatic N) is 1. The van der Waals surface area contributed by atoms with Gasteiger partial charge in [-0.15, -0.1) is 0 Å². The van der Waals surface area contributed by atoms with Crippen molar-refractivity contribution in [2.75, 3.05) is 13.1 Å². The Kier molecular flexibility index (Phi) is 3.97. The van der Waals surface area contributed by atoms with Crippen LogP contribution in [0, 0.1) is 11.8 Å². The fraction of sp³-hybridized carbons (Fsp3) is 0.929. The van der Waals surface area contributed by atoms with Gasteiger partial charge in [0, 0.05) is 25.2 Å². The summed E-state index contributed by atoms with van der Waals surface area (Å²) in [6.07, 6.45) is 0.222. The van der Waals surface area contributed by atoms with E-state index in [-0.39, 0.29) is 36.1 Å². The van der Waals surface area contributed by atoms with Crippen LogP contribution < -0.4 is 5.32 Å². The first-order valence-electron chi connectivity index (χ1n) is 7.11. The predicted molar refractivity (Wildman–Crippen MR) is 71.3 cm³/mol. The van der Waals surface area contributed by atoms with Gasteiger partial charge in [0.1, 0.15) is 0 Å². The number of piperazine rings is 1. The standard InChI is InChI=1S/C14H26N2O2/c1-8-6-15-7-9(2)16(8)14(17)13-10(3)11(4)18-12(13)5/h8-13,15H,6-7H2,1-5H3. The second-order valence-corrected chi connectivity index (χ2v) is 6.03. The Morgan fingerprint density at radius 3 is 2.06 bits per heavy atom. The van der Waals surface area contributed by atoms with Crippen LogP contribution in [-0.2, 0) is 9.53 Å². The van der Waals surface area contributed by atoms with Crippen molar-refractivity contribution in [1.29, 1.82) is 0 Å². The normalized spacial score (nSPS) is 45.3. The van der Waals surface area contributed by atoms with E-state index in [1.807, 2.05) is 6.92 Å². The molecule has 4 heteroatoms. The van der Waals surface area contributed by atoms with E-state index in [1.165, 1.54) is 0 Å². The van der Waals surface area contributed by atoms with Crippen LogP contribution in [-0.4, -0.2) is 48.2 Å². The van der Waals surface area contributed by atoms with Crippen LogP contribution in [0.4, 0.5) is 0 Å². The summed E-state index contributed by atoms with van der Waals surface area (Å²) in [5, 5.41) is 3.37. The number of nitrogens with one attached hydrogen (secondary N) is 1. The van der Waals surface area contributed by atoms with Crippen LogP contribution in [0.25, 0.3) is 0 Å². The Balaban J connectivity index is 2.15. The van der Waals surface area contributed by atoms with Crippen LogP contribution in [0.15, 0.2) is 0 Å². The summed E-state index contributed by atoms with van der Waals surface area (Å²) >= 11 is 0. The topological polar surface area (TPSA) is 41.6 Å². The van der Waals surface area contributed by atoms with Gasteiger partial charge < -0.3 is 15.0 Å². The summed E-state index contributed by atoms with van der Waals surface area (Å²) in [4.78, 5) is 14.9. The van der Waals surface area contributed by atoms with E-state index in [0.29, 0.717) is 5.92 Å². The molecule has 0 saturated carbocycles. The number of rotatable bonds is 1. The second kappa shape index (κ2) is 5.17. The zero-order valence-electron chi connectivity index (χ0n) is 12.1. The number of hydrogen-bond donors (Lipinski definition) is 1. The van der Waals surface area contributed by atoms with E-state index in [0.717, 1.165) is 13.1 Å².